The molecule has 0 aromatic carbocycles. The normalized spacial score (nSPS) is 31.2. The van der Waals surface area contributed by atoms with Crippen LogP contribution in [-0.2, 0) is 9.53 Å². The van der Waals surface area contributed by atoms with Crippen molar-refractivity contribution in [3.63, 3.8) is 0 Å². The van der Waals surface area contributed by atoms with Gasteiger partial charge >= 0.3 is 0 Å². The fraction of sp³-hybridized carbons (Fsp3) is 0.722. The van der Waals surface area contributed by atoms with Crippen molar-refractivity contribution in [1.29, 1.82) is 0 Å². The second-order valence-corrected chi connectivity index (χ2v) is 8.19. The first kappa shape index (κ1) is 17.8. The molecule has 0 aromatic heterocycles. The van der Waals surface area contributed by atoms with E-state index in [0.29, 0.717) is 17.5 Å². The third kappa shape index (κ3) is 5.01. The molecule has 2 fully saturated rings. The number of hydrogen-bond acceptors (Lipinski definition) is 5. The highest BCUT2D eigenvalue weighted by Crippen LogP contribution is 2.24. The number of carbonyl (C=O) groups is 1. The highest BCUT2D eigenvalue weighted by atomic mass is 32.2. The summed E-state index contributed by atoms with van der Waals surface area (Å²) in [4.78, 5) is 12.6. The minimum absolute atomic E-state index is 0.0168. The van der Waals surface area contributed by atoms with Crippen molar-refractivity contribution in [3.8, 4) is 0 Å². The second-order valence-electron chi connectivity index (χ2n) is 6.97. The van der Waals surface area contributed by atoms with Crippen molar-refractivity contribution >= 4 is 17.7 Å². The van der Waals surface area contributed by atoms with Gasteiger partial charge in [0.1, 0.15) is 0 Å². The lowest BCUT2D eigenvalue weighted by atomic mass is 9.86. The van der Waals surface area contributed by atoms with Crippen LogP contribution in [0.5, 0.6) is 0 Å². The standard InChI is InChI=1S/C18H29N3O2S/c19-14-5-3-13(4-6-14)12-21-17(22)16-2-1-9-20-18(16)23-15-7-10-24-11-8-15/h1-2,9,13-15,18,20H,3-8,10-12,19H2,(H,21,22). The fourth-order valence-corrected chi connectivity index (χ4v) is 4.58. The Bertz CT molecular complexity index is 481. The van der Waals surface area contributed by atoms with Crippen LogP contribution < -0.4 is 16.4 Å². The molecule has 24 heavy (non-hydrogen) atoms. The largest absolute Gasteiger partial charge is 0.362 e. The quantitative estimate of drug-likeness (QED) is 0.705. The van der Waals surface area contributed by atoms with Crippen molar-refractivity contribution < 1.29 is 9.53 Å². The zero-order valence-corrected chi connectivity index (χ0v) is 15.0. The van der Waals surface area contributed by atoms with Gasteiger partial charge in [0, 0.05) is 12.6 Å². The topological polar surface area (TPSA) is 76.4 Å². The number of hydrogen-bond donors (Lipinski definition) is 3. The van der Waals surface area contributed by atoms with Crippen molar-refractivity contribution in [2.24, 2.45) is 11.7 Å². The molecule has 2 heterocycles. The third-order valence-electron chi connectivity index (χ3n) is 5.10. The van der Waals surface area contributed by atoms with Crippen LogP contribution in [0.2, 0.25) is 0 Å². The summed E-state index contributed by atoms with van der Waals surface area (Å²) in [5, 5.41) is 6.28. The molecule has 0 bridgehead atoms. The molecule has 2 aliphatic heterocycles. The molecule has 3 rings (SSSR count). The molecule has 0 spiro atoms. The van der Waals surface area contributed by atoms with E-state index in [2.05, 4.69) is 10.6 Å². The van der Waals surface area contributed by atoms with Gasteiger partial charge in [0.25, 0.3) is 5.91 Å². The van der Waals surface area contributed by atoms with Crippen molar-refractivity contribution in [1.82, 2.24) is 10.6 Å². The van der Waals surface area contributed by atoms with E-state index in [1.54, 1.807) is 0 Å². The first-order chi connectivity index (χ1) is 11.7. The molecule has 6 heteroatoms. The Labute approximate surface area is 148 Å². The summed E-state index contributed by atoms with van der Waals surface area (Å²) in [7, 11) is 0. The van der Waals surface area contributed by atoms with E-state index >= 15 is 0 Å². The summed E-state index contributed by atoms with van der Waals surface area (Å²) in [5.74, 6) is 2.82. The first-order valence-electron chi connectivity index (χ1n) is 9.12. The van der Waals surface area contributed by atoms with Gasteiger partial charge in [-0.1, -0.05) is 0 Å². The fourth-order valence-electron chi connectivity index (χ4n) is 3.52. The summed E-state index contributed by atoms with van der Waals surface area (Å²) >= 11 is 1.97. The monoisotopic (exact) mass is 351 g/mol. The van der Waals surface area contributed by atoms with E-state index in [1.165, 1.54) is 0 Å². The highest BCUT2D eigenvalue weighted by molar-refractivity contribution is 7.99. The summed E-state index contributed by atoms with van der Waals surface area (Å²) in [6.07, 6.45) is 12.0. The number of allylic oxidation sites excluding steroid dienone is 2. The van der Waals surface area contributed by atoms with E-state index in [4.69, 9.17) is 10.5 Å². The molecule has 4 N–H and O–H groups in total. The molecule has 1 atom stereocenters. The van der Waals surface area contributed by atoms with Gasteiger partial charge in [-0.3, -0.25) is 4.79 Å². The molecule has 1 saturated carbocycles. The molecule has 1 aliphatic carbocycles. The average molecular weight is 352 g/mol. The lowest BCUT2D eigenvalue weighted by Crippen LogP contribution is -2.43. The Morgan fingerprint density at radius 2 is 2.00 bits per heavy atom. The lowest BCUT2D eigenvalue weighted by molar-refractivity contribution is -0.120. The van der Waals surface area contributed by atoms with Crippen molar-refractivity contribution in [2.75, 3.05) is 18.1 Å². The highest BCUT2D eigenvalue weighted by Gasteiger charge is 2.27. The Balaban J connectivity index is 1.49. The smallest absolute Gasteiger partial charge is 0.251 e. The number of rotatable bonds is 5. The van der Waals surface area contributed by atoms with Crippen LogP contribution in [-0.4, -0.2) is 42.3 Å². The minimum Gasteiger partial charge on any atom is -0.362 e. The first-order valence-corrected chi connectivity index (χ1v) is 10.3. The summed E-state index contributed by atoms with van der Waals surface area (Å²) < 4.78 is 6.15. The maximum Gasteiger partial charge on any atom is 0.251 e. The number of ether oxygens (including phenoxy) is 1. The van der Waals surface area contributed by atoms with Crippen LogP contribution in [0.4, 0.5) is 0 Å². The predicted molar refractivity (Wildman–Crippen MR) is 98.5 cm³/mol. The zero-order chi connectivity index (χ0) is 16.8. The molecule has 1 amide bonds. The van der Waals surface area contributed by atoms with Gasteiger partial charge in [0.15, 0.2) is 6.23 Å². The van der Waals surface area contributed by atoms with Gasteiger partial charge in [0.2, 0.25) is 0 Å². The predicted octanol–water partition coefficient (Wildman–Crippen LogP) is 1.90. The number of dihydropyridines is 1. The molecule has 5 nitrogen and oxygen atoms in total. The Hall–Kier alpha value is -0.980. The molecule has 0 aromatic rings. The van der Waals surface area contributed by atoms with Crippen LogP contribution in [0, 0.1) is 5.92 Å². The van der Waals surface area contributed by atoms with E-state index in [0.717, 1.165) is 56.6 Å². The molecular formula is C18H29N3O2S. The second kappa shape index (κ2) is 8.92. The van der Waals surface area contributed by atoms with Gasteiger partial charge in [-0.2, -0.15) is 11.8 Å². The maximum absolute atomic E-state index is 12.6. The summed E-state index contributed by atoms with van der Waals surface area (Å²) in [6, 6.07) is 0.346. The number of nitrogens with one attached hydrogen (secondary N) is 2. The molecule has 1 saturated heterocycles. The molecule has 3 aliphatic rings. The average Bonchev–Trinajstić information content (AvgIpc) is 2.62. The van der Waals surface area contributed by atoms with E-state index in [-0.39, 0.29) is 18.2 Å². The van der Waals surface area contributed by atoms with E-state index in [1.807, 2.05) is 30.1 Å². The molecule has 134 valence electrons. The van der Waals surface area contributed by atoms with Crippen LogP contribution in [0.15, 0.2) is 23.9 Å². The van der Waals surface area contributed by atoms with Crippen LogP contribution in [0.3, 0.4) is 0 Å². The summed E-state index contributed by atoms with van der Waals surface area (Å²) in [5.41, 5.74) is 6.63. The molecular weight excluding hydrogens is 322 g/mol. The molecule has 0 radical (unpaired) electrons. The van der Waals surface area contributed by atoms with Crippen molar-refractivity contribution in [2.45, 2.75) is 56.9 Å². The van der Waals surface area contributed by atoms with Crippen molar-refractivity contribution in [3.05, 3.63) is 23.9 Å². The van der Waals surface area contributed by atoms with Gasteiger partial charge in [-0.25, -0.2) is 0 Å². The zero-order valence-electron chi connectivity index (χ0n) is 14.2. The summed E-state index contributed by atoms with van der Waals surface area (Å²) in [6.45, 7) is 0.736. The van der Waals surface area contributed by atoms with Gasteiger partial charge in [0.05, 0.1) is 11.7 Å². The number of carbonyl (C=O) groups excluding carboxylic acids is 1. The Morgan fingerprint density at radius 1 is 1.25 bits per heavy atom. The van der Waals surface area contributed by atoms with E-state index < -0.39 is 0 Å². The Morgan fingerprint density at radius 3 is 2.75 bits per heavy atom. The number of amides is 1. The maximum atomic E-state index is 12.6. The third-order valence-corrected chi connectivity index (χ3v) is 6.15. The van der Waals surface area contributed by atoms with Gasteiger partial charge in [-0.15, -0.1) is 0 Å². The SMILES string of the molecule is NC1CCC(CNC(=O)C2=CC=CNC2OC2CCSCC2)CC1. The number of thioether (sulfide) groups is 1. The van der Waals surface area contributed by atoms with E-state index in [9.17, 15) is 4.79 Å². The van der Waals surface area contributed by atoms with Crippen LogP contribution >= 0.6 is 11.8 Å². The van der Waals surface area contributed by atoms with Gasteiger partial charge in [-0.05, 0) is 74.3 Å². The molecule has 1 unspecified atom stereocenters. The minimum atomic E-state index is -0.331. The lowest BCUT2D eigenvalue weighted by Gasteiger charge is -2.30. The van der Waals surface area contributed by atoms with Gasteiger partial charge < -0.3 is 21.1 Å². The number of nitrogens with two attached hydrogens (primary N) is 1. The Kier molecular flexibility index (Phi) is 6.63. The van der Waals surface area contributed by atoms with Crippen LogP contribution in [0.1, 0.15) is 38.5 Å². The van der Waals surface area contributed by atoms with Crippen LogP contribution in [0.25, 0.3) is 0 Å².